The van der Waals surface area contributed by atoms with Crippen molar-refractivity contribution in [2.45, 2.75) is 0 Å². The minimum absolute atomic E-state index is 0.610. The molecule has 0 aliphatic carbocycles. The predicted molar refractivity (Wildman–Crippen MR) is 488 cm³/mol. The minimum Gasteiger partial charge on any atom is -0.456 e. The van der Waals surface area contributed by atoms with Crippen molar-refractivity contribution in [3.63, 3.8) is 0 Å². The fourth-order valence-corrected chi connectivity index (χ4v) is 19.0. The molecule has 10 nitrogen and oxygen atoms in total. The number of benzene rings is 18. The molecule has 118 heavy (non-hydrogen) atoms. The molecule has 0 unspecified atom stereocenters. The number of hydrogen-bond acceptors (Lipinski definition) is 6. The largest absolute Gasteiger partial charge is 0.456 e. The maximum absolute atomic E-state index is 6.55. The molecule has 0 atom stereocenters. The number of furan rings is 2. The molecule has 10 heteroatoms. The summed E-state index contributed by atoms with van der Waals surface area (Å²) in [4.78, 5) is 21.8. The summed E-state index contributed by atoms with van der Waals surface area (Å²) in [6.07, 6.45) is 0. The van der Waals surface area contributed by atoms with Crippen LogP contribution in [0.25, 0.3) is 242 Å². The van der Waals surface area contributed by atoms with Crippen LogP contribution in [0, 0.1) is 0 Å². The molecular weight excluding hydrogens is 1440 g/mol. The van der Waals surface area contributed by atoms with Gasteiger partial charge in [0.15, 0.2) is 0 Å². The quantitative estimate of drug-likeness (QED) is 0.150. The van der Waals surface area contributed by atoms with Gasteiger partial charge in [-0.1, -0.05) is 291 Å². The Kier molecular flexibility index (Phi) is 14.3. The van der Waals surface area contributed by atoms with Crippen molar-refractivity contribution in [3.8, 4) is 68.0 Å². The Morgan fingerprint density at radius 1 is 0.186 bits per heavy atom. The molecule has 548 valence electrons. The van der Waals surface area contributed by atoms with Gasteiger partial charge in [0.1, 0.15) is 22.3 Å². The summed E-state index contributed by atoms with van der Waals surface area (Å²) >= 11 is 0. The second-order valence-corrected chi connectivity index (χ2v) is 30.7. The van der Waals surface area contributed by atoms with Gasteiger partial charge in [-0.25, -0.2) is 19.9 Å². The lowest BCUT2D eigenvalue weighted by atomic mass is 10.0. The van der Waals surface area contributed by atoms with Gasteiger partial charge in [-0.05, 0) is 141 Å². The number of para-hydroxylation sites is 6. The van der Waals surface area contributed by atoms with Crippen LogP contribution in [0.2, 0.25) is 0 Å². The van der Waals surface area contributed by atoms with Crippen molar-refractivity contribution in [1.29, 1.82) is 0 Å². The van der Waals surface area contributed by atoms with E-state index in [4.69, 9.17) is 28.8 Å². The molecular formula is C108H64N8O2. The first-order valence-electron chi connectivity index (χ1n) is 40.0. The average Bonchev–Trinajstić information content (AvgIpc) is 1.53. The SMILES string of the molecule is c1ccc(-c2ccc(-c3nc(-n4c5c(ccc6oc7ccccc7c65)c5ccc6c(c7ccccc7n6-c6ccc7ccccc7c6)c54)nc4ccccc34)cc2)cc1.c1ccc(-c2ccc(-c3nc(-n4c5ccccc5c5c4ccc4c6ccc7oc8ccccc8c7c6n(-c6ccc7ccccc7c6)c45)nc4ccccc34)cc2)cc1. The highest BCUT2D eigenvalue weighted by Crippen LogP contribution is 2.49. The second kappa shape index (κ2) is 25.7. The van der Waals surface area contributed by atoms with Crippen LogP contribution in [0.1, 0.15) is 0 Å². The molecule has 8 aromatic heterocycles. The highest BCUT2D eigenvalue weighted by Gasteiger charge is 2.29. The normalized spacial score (nSPS) is 12.1. The topological polar surface area (TPSA) is 97.6 Å². The van der Waals surface area contributed by atoms with Gasteiger partial charge >= 0.3 is 0 Å². The Hall–Kier alpha value is -16.0. The number of nitrogens with zero attached hydrogens (tertiary/aromatic N) is 8. The van der Waals surface area contributed by atoms with E-state index in [2.05, 4.69) is 388 Å². The fraction of sp³-hybridized carbons (Fsp3) is 0. The van der Waals surface area contributed by atoms with Crippen LogP contribution in [0.5, 0.6) is 0 Å². The first-order chi connectivity index (χ1) is 58.5. The maximum atomic E-state index is 6.55. The fourth-order valence-electron chi connectivity index (χ4n) is 19.0. The highest BCUT2D eigenvalue weighted by atomic mass is 16.3. The number of aromatic nitrogens is 8. The van der Waals surface area contributed by atoms with Crippen LogP contribution in [0.3, 0.4) is 0 Å². The number of hydrogen-bond donors (Lipinski definition) is 0. The first-order valence-corrected chi connectivity index (χ1v) is 40.0. The number of fused-ring (bicyclic) bond motifs is 26. The van der Waals surface area contributed by atoms with Crippen LogP contribution < -0.4 is 0 Å². The van der Waals surface area contributed by atoms with E-state index in [1.807, 2.05) is 18.2 Å². The standard InChI is InChI=1S/2C54H32N4O/c1-2-12-33(13-3-1)35-22-24-36(25-23-35)51-41-16-6-9-19-44(41)55-54(56-51)58-45-20-10-7-17-42(45)49-46(58)30-28-39-40-29-31-48-50(43-18-8-11-21-47(43)59-48)53(40)57(52(39)49)38-27-26-34-14-4-5-15-37(34)32-38;1-2-12-33(13-3-1)35-22-24-36(25-23-35)51-41-16-6-9-19-44(41)55-54(56-51)58-52-39(40-29-31-48-50(53(40)58)43-18-8-11-21-47(43)59-48)28-30-46-49(52)42-17-7-10-20-45(42)57(46)38-27-26-34-14-4-5-15-37(34)32-38/h2*1-32H. The lowest BCUT2D eigenvalue weighted by molar-refractivity contribution is 0.669. The predicted octanol–water partition coefficient (Wildman–Crippen LogP) is 28.4. The van der Waals surface area contributed by atoms with Crippen molar-refractivity contribution in [2.75, 3.05) is 0 Å². The summed E-state index contributed by atoms with van der Waals surface area (Å²) in [6.45, 7) is 0. The van der Waals surface area contributed by atoms with Crippen molar-refractivity contribution in [1.82, 2.24) is 38.2 Å². The molecule has 0 saturated heterocycles. The molecule has 0 spiro atoms. The van der Waals surface area contributed by atoms with Gasteiger partial charge < -0.3 is 18.0 Å². The summed E-state index contributed by atoms with van der Waals surface area (Å²) in [7, 11) is 0. The van der Waals surface area contributed by atoms with Gasteiger partial charge in [0.05, 0.1) is 77.3 Å². The van der Waals surface area contributed by atoms with Crippen molar-refractivity contribution >= 4 is 174 Å². The third-order valence-corrected chi connectivity index (χ3v) is 24.2. The van der Waals surface area contributed by atoms with Crippen LogP contribution >= 0.6 is 0 Å². The Morgan fingerprint density at radius 3 is 1.03 bits per heavy atom. The van der Waals surface area contributed by atoms with Crippen molar-refractivity contribution in [2.24, 2.45) is 0 Å². The molecule has 8 heterocycles. The van der Waals surface area contributed by atoms with E-state index in [-0.39, 0.29) is 0 Å². The maximum Gasteiger partial charge on any atom is 0.235 e. The van der Waals surface area contributed by atoms with E-state index in [9.17, 15) is 0 Å². The summed E-state index contributed by atoms with van der Waals surface area (Å²) in [5.74, 6) is 1.24. The zero-order valence-corrected chi connectivity index (χ0v) is 63.3. The van der Waals surface area contributed by atoms with Crippen LogP contribution in [0.4, 0.5) is 0 Å². The molecule has 0 aliphatic heterocycles. The van der Waals surface area contributed by atoms with Gasteiger partial charge in [-0.15, -0.1) is 0 Å². The molecule has 26 aromatic rings. The van der Waals surface area contributed by atoms with Crippen LogP contribution in [0.15, 0.2) is 397 Å². The molecule has 0 fully saturated rings. The molecule has 0 aliphatic rings. The van der Waals surface area contributed by atoms with Crippen LogP contribution in [-0.4, -0.2) is 38.2 Å². The highest BCUT2D eigenvalue weighted by molar-refractivity contribution is 6.33. The summed E-state index contributed by atoms with van der Waals surface area (Å²) in [5, 5.41) is 20.3. The smallest absolute Gasteiger partial charge is 0.235 e. The van der Waals surface area contributed by atoms with E-state index < -0.39 is 0 Å². The van der Waals surface area contributed by atoms with Gasteiger partial charge in [-0.2, -0.15) is 0 Å². The minimum atomic E-state index is 0.610. The summed E-state index contributed by atoms with van der Waals surface area (Å²) < 4.78 is 22.5. The Morgan fingerprint density at radius 2 is 0.534 bits per heavy atom. The number of rotatable bonds is 8. The second-order valence-electron chi connectivity index (χ2n) is 30.7. The first kappa shape index (κ1) is 65.5. The van der Waals surface area contributed by atoms with Gasteiger partial charge in [0, 0.05) is 87.1 Å². The third kappa shape index (κ3) is 9.93. The summed E-state index contributed by atoms with van der Waals surface area (Å²) in [5.41, 5.74) is 24.7. The summed E-state index contributed by atoms with van der Waals surface area (Å²) in [6, 6.07) is 138. The molecule has 0 N–H and O–H groups in total. The molecule has 0 bridgehead atoms. The Balaban J connectivity index is 0.000000131. The van der Waals surface area contributed by atoms with E-state index in [1.54, 1.807) is 0 Å². The van der Waals surface area contributed by atoms with Gasteiger partial charge in [0.25, 0.3) is 0 Å². The average molecular weight is 1510 g/mol. The molecule has 0 radical (unpaired) electrons. The molecule has 18 aromatic carbocycles. The van der Waals surface area contributed by atoms with E-state index in [1.165, 1.54) is 49.0 Å². The Bertz CT molecular complexity index is 8680. The van der Waals surface area contributed by atoms with E-state index in [0.717, 1.165) is 182 Å². The van der Waals surface area contributed by atoms with Crippen molar-refractivity contribution in [3.05, 3.63) is 388 Å². The zero-order chi connectivity index (χ0) is 77.2. The molecule has 0 saturated carbocycles. The van der Waals surface area contributed by atoms with Crippen LogP contribution in [-0.2, 0) is 0 Å². The van der Waals surface area contributed by atoms with Crippen molar-refractivity contribution < 1.29 is 8.83 Å². The lowest BCUT2D eigenvalue weighted by Gasteiger charge is -2.13. The third-order valence-electron chi connectivity index (χ3n) is 24.2. The monoisotopic (exact) mass is 1500 g/mol. The Labute approximate surface area is 673 Å². The lowest BCUT2D eigenvalue weighted by Crippen LogP contribution is -2.04. The zero-order valence-electron chi connectivity index (χ0n) is 63.3. The van der Waals surface area contributed by atoms with E-state index >= 15 is 0 Å². The molecule has 26 rings (SSSR count). The van der Waals surface area contributed by atoms with Gasteiger partial charge in [0.2, 0.25) is 11.9 Å². The molecule has 0 amide bonds. The van der Waals surface area contributed by atoms with E-state index in [0.29, 0.717) is 11.9 Å². The van der Waals surface area contributed by atoms with Gasteiger partial charge in [-0.3, -0.25) is 9.13 Å².